The molecule has 0 unspecified atom stereocenters. The molecule has 5 heteroatoms. The largest absolute Gasteiger partial charge is 0.512 e. The molecule has 0 saturated carbocycles. The fourth-order valence-electron chi connectivity index (χ4n) is 6.87. The topological polar surface area (TPSA) is 63.1 Å². The van der Waals surface area contributed by atoms with Crippen molar-refractivity contribution in [2.24, 2.45) is 11.8 Å². The second-order valence-corrected chi connectivity index (χ2v) is 14.9. The number of benzene rings is 3. The van der Waals surface area contributed by atoms with Gasteiger partial charge in [0.05, 0.1) is 5.76 Å². The minimum atomic E-state index is 0. The molecular formula is C49H60IrN2O2-2. The Morgan fingerprint density at radius 1 is 0.759 bits per heavy atom. The third-order valence-electron chi connectivity index (χ3n) is 10.2. The van der Waals surface area contributed by atoms with Crippen LogP contribution in [0.5, 0.6) is 0 Å². The third-order valence-corrected chi connectivity index (χ3v) is 10.2. The number of aryl methyl sites for hydroxylation is 5. The molecular weight excluding hydrogens is 841 g/mol. The predicted octanol–water partition coefficient (Wildman–Crippen LogP) is 13.0. The second-order valence-electron chi connectivity index (χ2n) is 14.9. The van der Waals surface area contributed by atoms with Crippen molar-refractivity contribution in [3.63, 3.8) is 0 Å². The van der Waals surface area contributed by atoms with E-state index in [0.717, 1.165) is 90.8 Å². The van der Waals surface area contributed by atoms with Crippen LogP contribution >= 0.6 is 0 Å². The van der Waals surface area contributed by atoms with Gasteiger partial charge < -0.3 is 15.1 Å². The van der Waals surface area contributed by atoms with Gasteiger partial charge >= 0.3 is 0 Å². The number of carbonyl (C=O) groups excluding carboxylic acids is 1. The Morgan fingerprint density at radius 3 is 2.06 bits per heavy atom. The van der Waals surface area contributed by atoms with Gasteiger partial charge in [-0.1, -0.05) is 92.6 Å². The first kappa shape index (κ1) is 44.5. The molecule has 0 bridgehead atoms. The van der Waals surface area contributed by atoms with Crippen molar-refractivity contribution in [3.8, 4) is 22.5 Å². The molecule has 289 valence electrons. The van der Waals surface area contributed by atoms with Gasteiger partial charge in [0, 0.05) is 49.4 Å². The average Bonchev–Trinajstić information content (AvgIpc) is 3.14. The molecule has 0 atom stereocenters. The van der Waals surface area contributed by atoms with Gasteiger partial charge in [0.1, 0.15) is 0 Å². The summed E-state index contributed by atoms with van der Waals surface area (Å²) in [4.78, 5) is 21.8. The first-order valence-electron chi connectivity index (χ1n) is 19.8. The number of aliphatic hydroxyl groups excluding tert-OH is 1. The van der Waals surface area contributed by atoms with Crippen molar-refractivity contribution >= 4 is 16.6 Å². The monoisotopic (exact) mass is 901 g/mol. The fourth-order valence-corrected chi connectivity index (χ4v) is 6.87. The van der Waals surface area contributed by atoms with E-state index in [1.807, 2.05) is 33.8 Å². The Kier molecular flexibility index (Phi) is 18.0. The van der Waals surface area contributed by atoms with Crippen molar-refractivity contribution in [1.82, 2.24) is 9.97 Å². The number of nitrogens with zero attached hydrogens (tertiary/aromatic N) is 2. The Morgan fingerprint density at radius 2 is 1.44 bits per heavy atom. The van der Waals surface area contributed by atoms with E-state index in [0.29, 0.717) is 5.92 Å². The molecule has 5 aromatic rings. The quantitative estimate of drug-likeness (QED) is 0.0492. The van der Waals surface area contributed by atoms with Crippen LogP contribution in [-0.2, 0) is 37.7 Å². The SMILES string of the molecule is CCC(CC)C(=O)/C=C(\O)C(CC)CC.Cc1[c-]c(-c2nc(CCCCc3cccc(-c4[c-]cc(C)cc4)n3)cc3cc(C(C)C)ccc23)cc(C)c1.[Ir]. The van der Waals surface area contributed by atoms with Gasteiger partial charge in [-0.2, -0.15) is 0 Å². The van der Waals surface area contributed by atoms with Crippen LogP contribution in [0.3, 0.4) is 0 Å². The molecule has 1 radical (unpaired) electrons. The summed E-state index contributed by atoms with van der Waals surface area (Å²) in [5, 5.41) is 12.2. The number of rotatable bonds is 15. The number of aromatic nitrogens is 2. The first-order chi connectivity index (χ1) is 25.5. The maximum Gasteiger partial charge on any atom is 0.162 e. The summed E-state index contributed by atoms with van der Waals surface area (Å²) in [5.41, 5.74) is 11.4. The van der Waals surface area contributed by atoms with Crippen LogP contribution in [0.15, 0.2) is 84.6 Å². The number of pyridine rings is 2. The van der Waals surface area contributed by atoms with Crippen LogP contribution in [0, 0.1) is 44.7 Å². The molecule has 1 N–H and O–H groups in total. The van der Waals surface area contributed by atoms with Crippen molar-refractivity contribution in [2.75, 3.05) is 0 Å². The van der Waals surface area contributed by atoms with Gasteiger partial charge in [0.2, 0.25) is 0 Å². The van der Waals surface area contributed by atoms with Crippen molar-refractivity contribution in [1.29, 1.82) is 0 Å². The molecule has 54 heavy (non-hydrogen) atoms. The van der Waals surface area contributed by atoms with Gasteiger partial charge in [-0.15, -0.1) is 70.3 Å². The van der Waals surface area contributed by atoms with Gasteiger partial charge in [-0.05, 0) is 97.1 Å². The van der Waals surface area contributed by atoms with Crippen molar-refractivity contribution < 1.29 is 30.0 Å². The van der Waals surface area contributed by atoms with Crippen molar-refractivity contribution in [2.45, 2.75) is 120 Å². The zero-order valence-electron chi connectivity index (χ0n) is 34.0. The summed E-state index contributed by atoms with van der Waals surface area (Å²) in [6, 6.07) is 33.0. The van der Waals surface area contributed by atoms with Gasteiger partial charge in [0.15, 0.2) is 5.78 Å². The smallest absolute Gasteiger partial charge is 0.162 e. The minimum Gasteiger partial charge on any atom is -0.512 e. The number of carbonyl (C=O) groups is 1. The first-order valence-corrected chi connectivity index (χ1v) is 19.8. The number of hydrogen-bond acceptors (Lipinski definition) is 4. The van der Waals surface area contributed by atoms with E-state index in [9.17, 15) is 9.90 Å². The molecule has 0 aliphatic heterocycles. The standard InChI is InChI=1S/C36H36N2.C13H24O2.Ir/c1-24(2)29-17-18-34-30(22-29)23-33(38-36(34)31-20-26(4)19-27(5)21-31)10-7-6-9-32-11-8-12-35(37-32)28-15-13-25(3)14-16-28;1-5-10(6-2)12(14)9-13(15)11(7-3)8-4;/h8,11-15,17-20,22-24H,6-7,9-10H2,1-5H3;9-11,14H,5-8H2,1-4H3;/q-2;;/b;12-9-;. The number of hydrogen-bond donors (Lipinski definition) is 1. The van der Waals surface area contributed by atoms with E-state index in [1.54, 1.807) is 0 Å². The minimum absolute atomic E-state index is 0. The van der Waals surface area contributed by atoms with Gasteiger partial charge in [-0.25, -0.2) is 0 Å². The molecule has 0 spiro atoms. The van der Waals surface area contributed by atoms with E-state index in [2.05, 4.69) is 113 Å². The van der Waals surface area contributed by atoms with Crippen LogP contribution < -0.4 is 0 Å². The Hall–Kier alpha value is -3.92. The van der Waals surface area contributed by atoms with Crippen LogP contribution in [0.1, 0.15) is 120 Å². The molecule has 0 aliphatic carbocycles. The molecule has 0 fully saturated rings. The summed E-state index contributed by atoms with van der Waals surface area (Å²) in [5.74, 6) is 1.04. The van der Waals surface area contributed by atoms with Gasteiger partial charge in [0.25, 0.3) is 0 Å². The predicted molar refractivity (Wildman–Crippen MR) is 223 cm³/mol. The third kappa shape index (κ3) is 12.6. The molecule has 2 aromatic heterocycles. The number of ketones is 1. The molecule has 0 saturated heterocycles. The Balaban J connectivity index is 0.000000418. The van der Waals surface area contributed by atoms with Crippen molar-refractivity contribution in [3.05, 3.63) is 130 Å². The van der Waals surface area contributed by atoms with E-state index < -0.39 is 0 Å². The summed E-state index contributed by atoms with van der Waals surface area (Å²) in [6.07, 6.45) is 8.96. The molecule has 0 amide bonds. The number of unbranched alkanes of at least 4 members (excludes halogenated alkanes) is 1. The van der Waals surface area contributed by atoms with Crippen LogP contribution in [0.4, 0.5) is 0 Å². The second kappa shape index (κ2) is 21.8. The average molecular weight is 901 g/mol. The maximum absolute atomic E-state index is 11.7. The summed E-state index contributed by atoms with van der Waals surface area (Å²) in [7, 11) is 0. The summed E-state index contributed by atoms with van der Waals surface area (Å²) < 4.78 is 0. The number of aliphatic hydroxyl groups is 1. The fraction of sp³-hybridized carbons (Fsp3) is 0.408. The van der Waals surface area contributed by atoms with Crippen LogP contribution in [-0.4, -0.2) is 20.9 Å². The van der Waals surface area contributed by atoms with E-state index in [-0.39, 0.29) is 43.5 Å². The summed E-state index contributed by atoms with van der Waals surface area (Å²) in [6.45, 7) is 18.9. The Labute approximate surface area is 339 Å². The van der Waals surface area contributed by atoms with E-state index in [1.165, 1.54) is 33.5 Å². The summed E-state index contributed by atoms with van der Waals surface area (Å²) >= 11 is 0. The molecule has 2 heterocycles. The zero-order valence-corrected chi connectivity index (χ0v) is 36.4. The van der Waals surface area contributed by atoms with Gasteiger partial charge in [-0.3, -0.25) is 4.79 Å². The molecule has 5 rings (SSSR count). The van der Waals surface area contributed by atoms with Crippen LogP contribution in [0.25, 0.3) is 33.3 Å². The number of fused-ring (bicyclic) bond motifs is 1. The molecule has 3 aromatic carbocycles. The zero-order chi connectivity index (χ0) is 38.5. The maximum atomic E-state index is 11.7. The Bertz CT molecular complexity index is 1950. The van der Waals surface area contributed by atoms with E-state index in [4.69, 9.17) is 9.97 Å². The van der Waals surface area contributed by atoms with E-state index >= 15 is 0 Å². The normalized spacial score (nSPS) is 11.5. The van der Waals surface area contributed by atoms with Crippen LogP contribution in [0.2, 0.25) is 0 Å². The molecule has 4 nitrogen and oxygen atoms in total. The molecule has 0 aliphatic rings. The number of allylic oxidation sites excluding steroid dienone is 2.